The zero-order valence-electron chi connectivity index (χ0n) is 17.0. The molecule has 0 fully saturated rings. The maximum absolute atomic E-state index is 13.3. The SMILES string of the molecule is N#Cc1cccc(-c2cccc3c2CCC(c2cccc(O)c2)N3CC(O)C(F)(F)F)c1. The van der Waals surface area contributed by atoms with Crippen molar-refractivity contribution in [1.29, 1.82) is 5.26 Å². The molecule has 1 heterocycles. The summed E-state index contributed by atoms with van der Waals surface area (Å²) >= 11 is 0. The van der Waals surface area contributed by atoms with Crippen molar-refractivity contribution in [1.82, 2.24) is 0 Å². The van der Waals surface area contributed by atoms with Gasteiger partial charge in [-0.15, -0.1) is 0 Å². The molecule has 0 radical (unpaired) electrons. The van der Waals surface area contributed by atoms with Gasteiger partial charge in [0.1, 0.15) is 5.75 Å². The minimum atomic E-state index is -4.75. The van der Waals surface area contributed by atoms with Gasteiger partial charge in [-0.25, -0.2) is 0 Å². The van der Waals surface area contributed by atoms with Crippen LogP contribution in [0.25, 0.3) is 11.1 Å². The quantitative estimate of drug-likeness (QED) is 0.576. The van der Waals surface area contributed by atoms with E-state index in [4.69, 9.17) is 0 Å². The molecule has 2 N–H and O–H groups in total. The number of β-amino-alcohol motifs (C(OH)–C–C–N with tert-alkyl or cyclic N) is 1. The number of hydrogen-bond acceptors (Lipinski definition) is 4. The Morgan fingerprint density at radius 1 is 1.06 bits per heavy atom. The molecule has 3 aromatic carbocycles. The number of rotatable bonds is 4. The maximum Gasteiger partial charge on any atom is 0.416 e. The fourth-order valence-corrected chi connectivity index (χ4v) is 4.33. The molecule has 1 aliphatic rings. The van der Waals surface area contributed by atoms with Gasteiger partial charge in [0.25, 0.3) is 0 Å². The number of hydrogen-bond donors (Lipinski definition) is 2. The van der Waals surface area contributed by atoms with E-state index in [9.17, 15) is 28.6 Å². The Labute approximate surface area is 183 Å². The molecule has 4 rings (SSSR count). The molecule has 0 aromatic heterocycles. The molecule has 0 saturated heterocycles. The number of aliphatic hydroxyl groups excluding tert-OH is 1. The van der Waals surface area contributed by atoms with Gasteiger partial charge in [0.05, 0.1) is 24.2 Å². The molecule has 164 valence electrons. The molecule has 2 unspecified atom stereocenters. The van der Waals surface area contributed by atoms with Crippen LogP contribution in [0, 0.1) is 11.3 Å². The average molecular weight is 438 g/mol. The van der Waals surface area contributed by atoms with Gasteiger partial charge in [-0.05, 0) is 65.4 Å². The lowest BCUT2D eigenvalue weighted by molar-refractivity contribution is -0.200. The lowest BCUT2D eigenvalue weighted by Gasteiger charge is -2.41. The molecule has 2 atom stereocenters. The van der Waals surface area contributed by atoms with E-state index in [1.165, 1.54) is 6.07 Å². The summed E-state index contributed by atoms with van der Waals surface area (Å²) in [5, 5.41) is 29.0. The second-order valence-corrected chi connectivity index (χ2v) is 7.86. The van der Waals surface area contributed by atoms with Crippen molar-refractivity contribution < 1.29 is 23.4 Å². The van der Waals surface area contributed by atoms with Crippen LogP contribution in [-0.4, -0.2) is 29.0 Å². The number of nitriles is 1. The maximum atomic E-state index is 13.3. The third kappa shape index (κ3) is 4.27. The number of anilines is 1. The monoisotopic (exact) mass is 438 g/mol. The summed E-state index contributed by atoms with van der Waals surface area (Å²) in [5.74, 6) is 0.0340. The van der Waals surface area contributed by atoms with Gasteiger partial charge in [-0.3, -0.25) is 0 Å². The fourth-order valence-electron chi connectivity index (χ4n) is 4.33. The molecule has 0 saturated carbocycles. The van der Waals surface area contributed by atoms with Crippen molar-refractivity contribution in [2.75, 3.05) is 11.4 Å². The van der Waals surface area contributed by atoms with Crippen LogP contribution < -0.4 is 4.90 Å². The predicted molar refractivity (Wildman–Crippen MR) is 115 cm³/mol. The summed E-state index contributed by atoms with van der Waals surface area (Å²) in [6.07, 6.45) is -6.16. The first kappa shape index (κ1) is 21.7. The van der Waals surface area contributed by atoms with Gasteiger partial charge >= 0.3 is 6.18 Å². The Kier molecular flexibility index (Phi) is 5.81. The highest BCUT2D eigenvalue weighted by molar-refractivity contribution is 5.76. The number of aliphatic hydroxyl groups is 1. The largest absolute Gasteiger partial charge is 0.508 e. The predicted octanol–water partition coefficient (Wildman–Crippen LogP) is 5.35. The van der Waals surface area contributed by atoms with Crippen molar-refractivity contribution in [2.45, 2.75) is 31.2 Å². The average Bonchev–Trinajstić information content (AvgIpc) is 2.78. The van der Waals surface area contributed by atoms with Gasteiger partial charge < -0.3 is 15.1 Å². The minimum Gasteiger partial charge on any atom is -0.508 e. The van der Waals surface area contributed by atoms with Crippen molar-refractivity contribution in [3.05, 3.63) is 83.4 Å². The van der Waals surface area contributed by atoms with Gasteiger partial charge in [0.2, 0.25) is 0 Å². The van der Waals surface area contributed by atoms with E-state index in [1.807, 2.05) is 12.1 Å². The van der Waals surface area contributed by atoms with Crippen molar-refractivity contribution in [3.8, 4) is 22.9 Å². The molecule has 4 nitrogen and oxygen atoms in total. The number of fused-ring (bicyclic) bond motifs is 1. The van der Waals surface area contributed by atoms with E-state index in [0.29, 0.717) is 29.7 Å². The zero-order chi connectivity index (χ0) is 22.9. The summed E-state index contributed by atoms with van der Waals surface area (Å²) < 4.78 is 39.8. The lowest BCUT2D eigenvalue weighted by atomic mass is 9.86. The number of alkyl halides is 3. The van der Waals surface area contributed by atoms with Crippen molar-refractivity contribution >= 4 is 5.69 Å². The van der Waals surface area contributed by atoms with Crippen molar-refractivity contribution in [2.24, 2.45) is 0 Å². The van der Waals surface area contributed by atoms with Crippen LogP contribution in [0.15, 0.2) is 66.7 Å². The third-order valence-corrected chi connectivity index (χ3v) is 5.81. The van der Waals surface area contributed by atoms with E-state index in [2.05, 4.69) is 6.07 Å². The Morgan fingerprint density at radius 3 is 2.53 bits per heavy atom. The first-order chi connectivity index (χ1) is 15.3. The van der Waals surface area contributed by atoms with E-state index in [1.54, 1.807) is 53.4 Å². The van der Waals surface area contributed by atoms with Crippen LogP contribution in [-0.2, 0) is 6.42 Å². The molecule has 3 aromatic rings. The van der Waals surface area contributed by atoms with Crippen LogP contribution in [0.5, 0.6) is 5.75 Å². The molecule has 7 heteroatoms. The van der Waals surface area contributed by atoms with Crippen molar-refractivity contribution in [3.63, 3.8) is 0 Å². The fraction of sp³-hybridized carbons (Fsp3) is 0.240. The minimum absolute atomic E-state index is 0.0340. The molecule has 0 aliphatic carbocycles. The first-order valence-corrected chi connectivity index (χ1v) is 10.2. The van der Waals surface area contributed by atoms with Crippen LogP contribution in [0.1, 0.15) is 29.2 Å². The van der Waals surface area contributed by atoms with Gasteiger partial charge in [-0.2, -0.15) is 18.4 Å². The number of halogens is 3. The van der Waals surface area contributed by atoms with Gasteiger partial charge in [-0.1, -0.05) is 36.4 Å². The summed E-state index contributed by atoms with van der Waals surface area (Å²) in [4.78, 5) is 1.57. The number of benzene rings is 3. The van der Waals surface area contributed by atoms with Crippen LogP contribution in [0.4, 0.5) is 18.9 Å². The van der Waals surface area contributed by atoms with E-state index in [-0.39, 0.29) is 5.75 Å². The van der Waals surface area contributed by atoms with Crippen LogP contribution in [0.3, 0.4) is 0 Å². The standard InChI is InChI=1S/C25H21F3N2O2/c26-25(27,28)24(32)15-30-22(18-6-2-7-19(31)13-18)11-10-21-20(8-3-9-23(21)30)17-5-1-4-16(12-17)14-29/h1-9,12-13,22,24,31-32H,10-11,15H2. The highest BCUT2D eigenvalue weighted by atomic mass is 19.4. The van der Waals surface area contributed by atoms with E-state index in [0.717, 1.165) is 16.7 Å². The first-order valence-electron chi connectivity index (χ1n) is 10.2. The smallest absolute Gasteiger partial charge is 0.416 e. The van der Waals surface area contributed by atoms with E-state index >= 15 is 0 Å². The van der Waals surface area contributed by atoms with Crippen LogP contribution >= 0.6 is 0 Å². The Morgan fingerprint density at radius 2 is 1.81 bits per heavy atom. The number of nitrogens with zero attached hydrogens (tertiary/aromatic N) is 2. The molecule has 32 heavy (non-hydrogen) atoms. The molecule has 0 amide bonds. The second kappa shape index (κ2) is 8.56. The topological polar surface area (TPSA) is 67.5 Å². The molecular formula is C25H21F3N2O2. The summed E-state index contributed by atoms with van der Waals surface area (Å²) in [7, 11) is 0. The summed E-state index contributed by atoms with van der Waals surface area (Å²) in [6.45, 7) is -0.626. The number of phenols is 1. The molecular weight excluding hydrogens is 417 g/mol. The molecule has 1 aliphatic heterocycles. The highest BCUT2D eigenvalue weighted by Gasteiger charge is 2.41. The zero-order valence-corrected chi connectivity index (χ0v) is 17.0. The number of aromatic hydroxyl groups is 1. The summed E-state index contributed by atoms with van der Waals surface area (Å²) in [5.41, 5.74) is 4.31. The Hall–Kier alpha value is -3.50. The lowest BCUT2D eigenvalue weighted by Crippen LogP contribution is -2.44. The Bertz CT molecular complexity index is 1170. The normalized spacial score (nSPS) is 16.8. The van der Waals surface area contributed by atoms with Gasteiger partial charge in [0, 0.05) is 5.69 Å². The molecule has 0 bridgehead atoms. The Balaban J connectivity index is 1.82. The van der Waals surface area contributed by atoms with Gasteiger partial charge in [0.15, 0.2) is 6.10 Å². The highest BCUT2D eigenvalue weighted by Crippen LogP contribution is 2.43. The third-order valence-electron chi connectivity index (χ3n) is 5.81. The summed E-state index contributed by atoms with van der Waals surface area (Å²) in [6, 6.07) is 20.7. The second-order valence-electron chi connectivity index (χ2n) is 7.86. The number of phenolic OH excluding ortho intramolecular Hbond substituents is 1. The molecule has 0 spiro atoms. The van der Waals surface area contributed by atoms with E-state index < -0.39 is 24.9 Å². The van der Waals surface area contributed by atoms with Crippen LogP contribution in [0.2, 0.25) is 0 Å².